The maximum absolute atomic E-state index is 12.2. The number of para-hydroxylation sites is 1. The molecule has 2 fully saturated rings. The van der Waals surface area contributed by atoms with Crippen molar-refractivity contribution in [3.05, 3.63) is 29.8 Å². The molecule has 0 aromatic heterocycles. The van der Waals surface area contributed by atoms with Crippen LogP contribution in [0.15, 0.2) is 24.3 Å². The van der Waals surface area contributed by atoms with Crippen LogP contribution >= 0.6 is 12.4 Å². The molecule has 3 rings (SSSR count). The predicted molar refractivity (Wildman–Crippen MR) is 103 cm³/mol. The summed E-state index contributed by atoms with van der Waals surface area (Å²) in [5.41, 5.74) is 0.535. The van der Waals surface area contributed by atoms with Crippen molar-refractivity contribution in [2.75, 3.05) is 32.8 Å². The van der Waals surface area contributed by atoms with E-state index in [4.69, 9.17) is 10.00 Å². The fraction of sp³-hybridized carbons (Fsp3) is 0.526. The van der Waals surface area contributed by atoms with Gasteiger partial charge in [-0.3, -0.25) is 9.69 Å². The van der Waals surface area contributed by atoms with Gasteiger partial charge in [0.1, 0.15) is 24.5 Å². The van der Waals surface area contributed by atoms with E-state index in [-0.39, 0.29) is 30.4 Å². The third-order valence-electron chi connectivity index (χ3n) is 4.81. The molecular weight excluding hydrogens is 368 g/mol. The Bertz CT molecular complexity index is 684. The summed E-state index contributed by atoms with van der Waals surface area (Å²) in [5.74, 6) is 0.577. The number of rotatable bonds is 9. The SMILES string of the molecule is Cl.N#Cc1ccccc1OCCNCCCCN1C(=O)C2CCCN2C1=O. The molecule has 146 valence electrons. The van der Waals surface area contributed by atoms with E-state index in [1.807, 2.05) is 12.1 Å². The Hall–Kier alpha value is -2.30. The minimum atomic E-state index is -0.200. The maximum Gasteiger partial charge on any atom is 0.327 e. The van der Waals surface area contributed by atoms with Gasteiger partial charge in [-0.2, -0.15) is 5.26 Å². The number of unbranched alkanes of at least 4 members (excludes halogenated alkanes) is 1. The number of imide groups is 1. The van der Waals surface area contributed by atoms with Gasteiger partial charge >= 0.3 is 6.03 Å². The fourth-order valence-corrected chi connectivity index (χ4v) is 3.45. The van der Waals surface area contributed by atoms with Gasteiger partial charge < -0.3 is 15.0 Å². The van der Waals surface area contributed by atoms with Gasteiger partial charge in [0.25, 0.3) is 5.91 Å². The summed E-state index contributed by atoms with van der Waals surface area (Å²) in [5, 5.41) is 12.3. The zero-order chi connectivity index (χ0) is 18.4. The number of hydrogen-bond acceptors (Lipinski definition) is 5. The molecule has 0 bridgehead atoms. The zero-order valence-corrected chi connectivity index (χ0v) is 16.0. The van der Waals surface area contributed by atoms with Gasteiger partial charge in [-0.05, 0) is 44.4 Å². The molecule has 2 aliphatic heterocycles. The van der Waals surface area contributed by atoms with Crippen molar-refractivity contribution < 1.29 is 14.3 Å². The molecule has 2 heterocycles. The number of carbonyl (C=O) groups is 2. The van der Waals surface area contributed by atoms with E-state index < -0.39 is 0 Å². The van der Waals surface area contributed by atoms with Crippen LogP contribution in [0.4, 0.5) is 4.79 Å². The molecule has 1 atom stereocenters. The Kier molecular flexibility index (Phi) is 7.89. The standard InChI is InChI=1S/C19H24N4O3.ClH/c20-14-15-6-1-2-8-17(15)26-13-10-21-9-3-4-11-23-18(24)16-7-5-12-22(16)19(23)25;/h1-2,6,8,16,21H,3-5,7,9-13H2;1H. The number of urea groups is 1. The van der Waals surface area contributed by atoms with Gasteiger partial charge in [0.2, 0.25) is 0 Å². The molecule has 0 saturated carbocycles. The Balaban J connectivity index is 0.00000261. The van der Waals surface area contributed by atoms with E-state index in [0.717, 1.165) is 32.2 Å². The first-order chi connectivity index (χ1) is 12.7. The van der Waals surface area contributed by atoms with Crippen molar-refractivity contribution in [1.82, 2.24) is 15.1 Å². The normalized spacial score (nSPS) is 18.3. The largest absolute Gasteiger partial charge is 0.491 e. The quantitative estimate of drug-likeness (QED) is 0.514. The van der Waals surface area contributed by atoms with Gasteiger partial charge in [-0.1, -0.05) is 12.1 Å². The Morgan fingerprint density at radius 1 is 1.22 bits per heavy atom. The number of nitrogens with one attached hydrogen (secondary N) is 1. The van der Waals surface area contributed by atoms with E-state index >= 15 is 0 Å². The molecule has 8 heteroatoms. The summed E-state index contributed by atoms with van der Waals surface area (Å²) in [6.07, 6.45) is 3.41. The number of benzene rings is 1. The van der Waals surface area contributed by atoms with Crippen LogP contribution in [-0.2, 0) is 4.79 Å². The minimum Gasteiger partial charge on any atom is -0.491 e. The van der Waals surface area contributed by atoms with Gasteiger partial charge in [0.15, 0.2) is 0 Å². The summed E-state index contributed by atoms with van der Waals surface area (Å²) in [4.78, 5) is 27.5. The molecule has 2 aliphatic rings. The van der Waals surface area contributed by atoms with Crippen LogP contribution in [-0.4, -0.2) is 60.6 Å². The topological polar surface area (TPSA) is 85.7 Å². The van der Waals surface area contributed by atoms with Crippen LogP contribution in [0.5, 0.6) is 5.75 Å². The number of nitriles is 1. The third kappa shape index (κ3) is 4.90. The highest BCUT2D eigenvalue weighted by Crippen LogP contribution is 2.27. The number of halogens is 1. The molecule has 0 aliphatic carbocycles. The van der Waals surface area contributed by atoms with E-state index in [1.54, 1.807) is 17.0 Å². The molecule has 0 spiro atoms. The molecule has 1 N–H and O–H groups in total. The van der Waals surface area contributed by atoms with Crippen LogP contribution < -0.4 is 10.1 Å². The first kappa shape index (κ1) is 21.0. The van der Waals surface area contributed by atoms with Crippen molar-refractivity contribution in [3.8, 4) is 11.8 Å². The highest BCUT2D eigenvalue weighted by Gasteiger charge is 2.46. The zero-order valence-electron chi connectivity index (χ0n) is 15.2. The average molecular weight is 393 g/mol. The van der Waals surface area contributed by atoms with Gasteiger partial charge in [0, 0.05) is 19.6 Å². The van der Waals surface area contributed by atoms with Crippen molar-refractivity contribution in [2.45, 2.75) is 31.7 Å². The summed E-state index contributed by atoms with van der Waals surface area (Å²) in [6.45, 7) is 3.17. The first-order valence-electron chi connectivity index (χ1n) is 9.17. The average Bonchev–Trinajstić information content (AvgIpc) is 3.23. The van der Waals surface area contributed by atoms with Crippen molar-refractivity contribution in [3.63, 3.8) is 0 Å². The van der Waals surface area contributed by atoms with Crippen molar-refractivity contribution >= 4 is 24.3 Å². The summed E-state index contributed by atoms with van der Waals surface area (Å²) in [7, 11) is 0. The lowest BCUT2D eigenvalue weighted by Crippen LogP contribution is -2.34. The highest BCUT2D eigenvalue weighted by molar-refractivity contribution is 6.04. The Labute approximate surface area is 165 Å². The summed E-state index contributed by atoms with van der Waals surface area (Å²) >= 11 is 0. The Morgan fingerprint density at radius 2 is 2.04 bits per heavy atom. The molecule has 7 nitrogen and oxygen atoms in total. The van der Waals surface area contributed by atoms with Crippen molar-refractivity contribution in [2.24, 2.45) is 0 Å². The van der Waals surface area contributed by atoms with Crippen LogP contribution in [0.25, 0.3) is 0 Å². The van der Waals surface area contributed by atoms with Crippen LogP contribution in [0.2, 0.25) is 0 Å². The van der Waals surface area contributed by atoms with Crippen LogP contribution in [0.3, 0.4) is 0 Å². The van der Waals surface area contributed by atoms with Crippen LogP contribution in [0.1, 0.15) is 31.2 Å². The van der Waals surface area contributed by atoms with E-state index in [0.29, 0.717) is 37.6 Å². The second kappa shape index (κ2) is 10.1. The molecule has 27 heavy (non-hydrogen) atoms. The van der Waals surface area contributed by atoms with Gasteiger partial charge in [0.05, 0.1) is 5.56 Å². The number of amides is 3. The molecule has 0 radical (unpaired) electrons. The first-order valence-corrected chi connectivity index (χ1v) is 9.17. The predicted octanol–water partition coefficient (Wildman–Crippen LogP) is 2.16. The Morgan fingerprint density at radius 3 is 2.81 bits per heavy atom. The molecule has 1 unspecified atom stereocenters. The van der Waals surface area contributed by atoms with Gasteiger partial charge in [-0.15, -0.1) is 12.4 Å². The second-order valence-electron chi connectivity index (χ2n) is 6.54. The lowest BCUT2D eigenvalue weighted by Gasteiger charge is -2.15. The number of carbonyl (C=O) groups excluding carboxylic acids is 2. The minimum absolute atomic E-state index is 0. The molecule has 2 saturated heterocycles. The molecule has 1 aromatic rings. The number of ether oxygens (including phenoxy) is 1. The molecular formula is C19H25ClN4O3. The number of hydrogen-bond donors (Lipinski definition) is 1. The second-order valence-corrected chi connectivity index (χ2v) is 6.54. The number of nitrogens with zero attached hydrogens (tertiary/aromatic N) is 3. The molecule has 1 aromatic carbocycles. The monoisotopic (exact) mass is 392 g/mol. The summed E-state index contributed by atoms with van der Waals surface area (Å²) in [6, 6.07) is 8.96. The third-order valence-corrected chi connectivity index (χ3v) is 4.81. The summed E-state index contributed by atoms with van der Waals surface area (Å²) < 4.78 is 5.60. The van der Waals surface area contributed by atoms with E-state index in [2.05, 4.69) is 11.4 Å². The lowest BCUT2D eigenvalue weighted by atomic mass is 10.2. The highest BCUT2D eigenvalue weighted by atomic mass is 35.5. The maximum atomic E-state index is 12.2. The van der Waals surface area contributed by atoms with Crippen LogP contribution in [0, 0.1) is 11.3 Å². The van der Waals surface area contributed by atoms with E-state index in [9.17, 15) is 9.59 Å². The fourth-order valence-electron chi connectivity index (χ4n) is 3.45. The number of fused-ring (bicyclic) bond motifs is 1. The van der Waals surface area contributed by atoms with E-state index in [1.165, 1.54) is 4.90 Å². The smallest absolute Gasteiger partial charge is 0.327 e. The molecule has 3 amide bonds. The van der Waals surface area contributed by atoms with Crippen molar-refractivity contribution in [1.29, 1.82) is 5.26 Å². The lowest BCUT2D eigenvalue weighted by molar-refractivity contribution is -0.128. The van der Waals surface area contributed by atoms with Gasteiger partial charge in [-0.25, -0.2) is 4.79 Å².